The number of nitrogens with zero attached hydrogens (tertiary/aromatic N) is 3. The van der Waals surface area contributed by atoms with Gasteiger partial charge in [-0.15, -0.1) is 0 Å². The molecular weight excluding hydrogens is 384 g/mol. The van der Waals surface area contributed by atoms with Crippen LogP contribution in [-0.2, 0) is 4.74 Å². The number of rotatable bonds is 5. The fraction of sp³-hybridized carbons (Fsp3) is 0.714. The molecule has 29 heavy (non-hydrogen) atoms. The van der Waals surface area contributed by atoms with Gasteiger partial charge in [0.1, 0.15) is 11.4 Å². The summed E-state index contributed by atoms with van der Waals surface area (Å²) in [5.74, 6) is 1.04. The molecule has 1 fully saturated rings. The smallest absolute Gasteiger partial charge is 0.410 e. The monoisotopic (exact) mass is 422 g/mol. The number of hydrogen-bond donors (Lipinski definition) is 2. The molecule has 0 aromatic carbocycles. The summed E-state index contributed by atoms with van der Waals surface area (Å²) in [5, 5.41) is -0.185. The van der Waals surface area contributed by atoms with Crippen LogP contribution in [0.1, 0.15) is 41.0 Å². The summed E-state index contributed by atoms with van der Waals surface area (Å²) in [7, 11) is -0.571. The summed E-state index contributed by atoms with van der Waals surface area (Å²) in [6.07, 6.45) is 2.16. The van der Waals surface area contributed by atoms with Gasteiger partial charge in [0.05, 0.1) is 17.9 Å². The lowest BCUT2D eigenvalue weighted by molar-refractivity contribution is 0.0194. The van der Waals surface area contributed by atoms with Crippen molar-refractivity contribution < 1.29 is 14.3 Å². The van der Waals surface area contributed by atoms with E-state index >= 15 is 0 Å². The fourth-order valence-corrected chi connectivity index (χ4v) is 4.40. The molecular formula is C21H38N4O3Si. The second kappa shape index (κ2) is 8.14. The minimum Gasteiger partial charge on any atom is -0.444 e. The van der Waals surface area contributed by atoms with Crippen LogP contribution >= 0.6 is 0 Å². The van der Waals surface area contributed by atoms with Crippen molar-refractivity contribution in [1.29, 1.82) is 0 Å². The van der Waals surface area contributed by atoms with Crippen LogP contribution in [0.3, 0.4) is 0 Å². The Kier molecular flexibility index (Phi) is 6.59. The first-order valence-corrected chi connectivity index (χ1v) is 13.2. The molecule has 2 atom stereocenters. The molecule has 1 aliphatic rings. The van der Waals surface area contributed by atoms with Gasteiger partial charge in [-0.1, -0.05) is 13.8 Å². The number of carbonyl (C=O) groups is 1. The number of anilines is 2. The van der Waals surface area contributed by atoms with Crippen molar-refractivity contribution >= 4 is 25.9 Å². The highest BCUT2D eigenvalue weighted by Gasteiger charge is 2.46. The fourth-order valence-electron chi connectivity index (χ4n) is 3.64. The Hall–Kier alpha value is -1.80. The molecule has 1 aliphatic heterocycles. The Bertz CT molecular complexity index is 710. The molecule has 2 heterocycles. The number of likely N-dealkylation sites (N-methyl/N-ethyl adjacent to an activating group) is 1. The van der Waals surface area contributed by atoms with E-state index in [1.807, 2.05) is 46.0 Å². The van der Waals surface area contributed by atoms with Crippen molar-refractivity contribution in [3.8, 4) is 0 Å². The molecule has 0 bridgehead atoms. The van der Waals surface area contributed by atoms with Gasteiger partial charge in [-0.25, -0.2) is 9.78 Å². The molecule has 7 nitrogen and oxygen atoms in total. The van der Waals surface area contributed by atoms with Gasteiger partial charge in [0.15, 0.2) is 8.32 Å². The van der Waals surface area contributed by atoms with Gasteiger partial charge >= 0.3 is 6.09 Å². The van der Waals surface area contributed by atoms with E-state index in [1.165, 1.54) is 0 Å². The number of hydrogen-bond acceptors (Lipinski definition) is 6. The number of nitrogen functional groups attached to an aromatic ring is 1. The second-order valence-corrected chi connectivity index (χ2v) is 14.9. The number of nitrogens with two attached hydrogens (primary N) is 1. The first-order chi connectivity index (χ1) is 13.1. The number of amides is 1. The zero-order valence-electron chi connectivity index (χ0n) is 19.2. The van der Waals surface area contributed by atoms with Gasteiger partial charge in [-0.2, -0.15) is 0 Å². The van der Waals surface area contributed by atoms with E-state index in [1.54, 1.807) is 18.1 Å². The largest absolute Gasteiger partial charge is 0.444 e. The average Bonchev–Trinajstić information content (AvgIpc) is 2.95. The maximum atomic E-state index is 12.8. The zero-order valence-corrected chi connectivity index (χ0v) is 20.2. The molecule has 8 heteroatoms. The minimum atomic E-state index is -2.38. The lowest BCUT2D eigenvalue weighted by Crippen LogP contribution is -2.47. The Morgan fingerprint density at radius 1 is 1.31 bits per heavy atom. The lowest BCUT2D eigenvalue weighted by Gasteiger charge is -2.39. The Balaban J connectivity index is 2.27. The quantitative estimate of drug-likeness (QED) is 0.703. The zero-order chi connectivity index (χ0) is 22.2. The van der Waals surface area contributed by atoms with Gasteiger partial charge in [0, 0.05) is 20.1 Å². The standard InChI is InChI=1S/C21H38N4O3Si/c1-20(2,3)28-19(26)24(6)17-14-25(18-10-9-16(22)12-23-18)13-15(17)11-21(4,5)29(7,8)27/h9-10,12,15,17,27H,11,13-14,22H2,1-8H3/t15-,17-/m1/s1. The molecule has 1 saturated heterocycles. The van der Waals surface area contributed by atoms with Gasteiger partial charge in [-0.3, -0.25) is 0 Å². The van der Waals surface area contributed by atoms with E-state index < -0.39 is 13.9 Å². The van der Waals surface area contributed by atoms with Crippen LogP contribution in [0.5, 0.6) is 0 Å². The van der Waals surface area contributed by atoms with Crippen molar-refractivity contribution in [2.45, 2.75) is 70.8 Å². The summed E-state index contributed by atoms with van der Waals surface area (Å²) in [6.45, 7) is 15.3. The summed E-state index contributed by atoms with van der Waals surface area (Å²) >= 11 is 0. The Labute approximate surface area is 176 Å². The van der Waals surface area contributed by atoms with Crippen LogP contribution in [-0.4, -0.2) is 60.9 Å². The van der Waals surface area contributed by atoms with Gasteiger partial charge in [0.2, 0.25) is 0 Å². The molecule has 0 unspecified atom stereocenters. The maximum Gasteiger partial charge on any atom is 0.410 e. The minimum absolute atomic E-state index is 0.0279. The molecule has 1 aromatic rings. The normalized spacial score (nSPS) is 20.7. The van der Waals surface area contributed by atoms with Crippen LogP contribution in [0.25, 0.3) is 0 Å². The molecule has 2 rings (SSSR count). The van der Waals surface area contributed by atoms with Crippen molar-refractivity contribution in [3.05, 3.63) is 18.3 Å². The highest BCUT2D eigenvalue weighted by molar-refractivity contribution is 6.72. The van der Waals surface area contributed by atoms with Gasteiger partial charge in [0.25, 0.3) is 0 Å². The SMILES string of the molecule is CN(C(=O)OC(C)(C)C)[C@@H]1CN(c2ccc(N)cn2)C[C@H]1CC(C)(C)[Si](C)(C)O. The molecule has 0 aliphatic carbocycles. The van der Waals surface area contributed by atoms with E-state index in [4.69, 9.17) is 10.5 Å². The molecule has 3 N–H and O–H groups in total. The van der Waals surface area contributed by atoms with Crippen molar-refractivity contribution in [2.75, 3.05) is 30.8 Å². The average molecular weight is 423 g/mol. The highest BCUT2D eigenvalue weighted by Crippen LogP contribution is 2.44. The highest BCUT2D eigenvalue weighted by atomic mass is 28.4. The second-order valence-electron chi connectivity index (χ2n) is 10.4. The number of carbonyl (C=O) groups excluding carboxylic acids is 1. The number of ether oxygens (including phenoxy) is 1. The van der Waals surface area contributed by atoms with E-state index in [-0.39, 0.29) is 23.1 Å². The molecule has 1 amide bonds. The predicted molar refractivity (Wildman–Crippen MR) is 120 cm³/mol. The van der Waals surface area contributed by atoms with E-state index in [0.29, 0.717) is 12.2 Å². The van der Waals surface area contributed by atoms with E-state index in [9.17, 15) is 9.59 Å². The molecule has 1 aromatic heterocycles. The first kappa shape index (κ1) is 23.5. The number of pyridine rings is 1. The Morgan fingerprint density at radius 3 is 2.41 bits per heavy atom. The van der Waals surface area contributed by atoms with Crippen LogP contribution in [0.2, 0.25) is 18.1 Å². The third-order valence-electron chi connectivity index (χ3n) is 6.11. The van der Waals surface area contributed by atoms with Crippen LogP contribution < -0.4 is 10.6 Å². The topological polar surface area (TPSA) is 91.9 Å². The van der Waals surface area contributed by atoms with Crippen molar-refractivity contribution in [2.24, 2.45) is 5.92 Å². The van der Waals surface area contributed by atoms with E-state index in [2.05, 4.69) is 23.7 Å². The van der Waals surface area contributed by atoms with Crippen LogP contribution in [0.4, 0.5) is 16.3 Å². The lowest BCUT2D eigenvalue weighted by atomic mass is 9.91. The molecule has 0 spiro atoms. The maximum absolute atomic E-state index is 12.8. The third kappa shape index (κ3) is 5.85. The summed E-state index contributed by atoms with van der Waals surface area (Å²) in [5.41, 5.74) is 5.87. The summed E-state index contributed by atoms with van der Waals surface area (Å²) < 4.78 is 5.61. The van der Waals surface area contributed by atoms with Crippen molar-refractivity contribution in [3.63, 3.8) is 0 Å². The third-order valence-corrected chi connectivity index (χ3v) is 9.63. The summed E-state index contributed by atoms with van der Waals surface area (Å²) in [4.78, 5) is 31.9. The van der Waals surface area contributed by atoms with Crippen molar-refractivity contribution in [1.82, 2.24) is 9.88 Å². The Morgan fingerprint density at radius 2 is 1.93 bits per heavy atom. The van der Waals surface area contributed by atoms with Crippen LogP contribution in [0, 0.1) is 5.92 Å². The molecule has 164 valence electrons. The first-order valence-electron chi connectivity index (χ1n) is 10.3. The van der Waals surface area contributed by atoms with Gasteiger partial charge in [-0.05, 0) is 63.4 Å². The predicted octanol–water partition coefficient (Wildman–Crippen LogP) is 3.70. The van der Waals surface area contributed by atoms with Gasteiger partial charge < -0.3 is 25.1 Å². The van der Waals surface area contributed by atoms with Crippen LogP contribution in [0.15, 0.2) is 18.3 Å². The number of aromatic nitrogens is 1. The molecule has 0 saturated carbocycles. The van der Waals surface area contributed by atoms with E-state index in [0.717, 1.165) is 18.8 Å². The summed E-state index contributed by atoms with van der Waals surface area (Å²) in [6, 6.07) is 3.73. The molecule has 0 radical (unpaired) electrons.